The van der Waals surface area contributed by atoms with Crippen molar-refractivity contribution in [2.24, 2.45) is 0 Å². The highest BCUT2D eigenvalue weighted by Gasteiger charge is 2.19. The van der Waals surface area contributed by atoms with E-state index in [-0.39, 0.29) is 6.09 Å². The van der Waals surface area contributed by atoms with Crippen LogP contribution in [-0.4, -0.2) is 31.1 Å². The molecule has 0 aromatic heterocycles. The number of ether oxygens (including phenoxy) is 1. The lowest BCUT2D eigenvalue weighted by molar-refractivity contribution is 0.186. The van der Waals surface area contributed by atoms with E-state index in [9.17, 15) is 4.79 Å². The third-order valence-electron chi connectivity index (χ3n) is 2.72. The second-order valence-corrected chi connectivity index (χ2v) is 10.8. The summed E-state index contributed by atoms with van der Waals surface area (Å²) in [5, 5.41) is 0. The number of hydrogen-bond acceptors (Lipinski definition) is 3. The smallest absolute Gasteiger partial charge is 0.410 e. The van der Waals surface area contributed by atoms with Gasteiger partial charge in [0.2, 0.25) is 0 Å². The van der Waals surface area contributed by atoms with Crippen LogP contribution in [0.1, 0.15) is 25.3 Å². The van der Waals surface area contributed by atoms with Crippen molar-refractivity contribution in [2.45, 2.75) is 19.8 Å². The molecule has 1 rings (SSSR count). The topological polar surface area (TPSA) is 29.5 Å². The quantitative estimate of drug-likeness (QED) is 0.789. The van der Waals surface area contributed by atoms with Crippen molar-refractivity contribution in [1.82, 2.24) is 4.67 Å². The average Bonchev–Trinajstić information content (AvgIpc) is 2.27. The molecule has 100 valence electrons. The predicted octanol–water partition coefficient (Wildman–Crippen LogP) is 3.89. The summed E-state index contributed by atoms with van der Waals surface area (Å²) in [4.78, 5) is 11.9. The average molecular weight is 285 g/mol. The predicted molar refractivity (Wildman–Crippen MR) is 80.5 cm³/mol. The maximum Gasteiger partial charge on any atom is 0.418 e. The summed E-state index contributed by atoms with van der Waals surface area (Å²) < 4.78 is 6.86. The van der Waals surface area contributed by atoms with Crippen LogP contribution >= 0.6 is 6.19 Å². The number of rotatable bonds is 3. The lowest BCUT2D eigenvalue weighted by atomic mass is 10.0. The van der Waals surface area contributed by atoms with Crippen LogP contribution in [0.25, 0.3) is 0 Å². The first-order chi connectivity index (χ1) is 8.21. The van der Waals surface area contributed by atoms with Crippen LogP contribution in [-0.2, 0) is 11.8 Å². The van der Waals surface area contributed by atoms with Crippen molar-refractivity contribution in [2.75, 3.05) is 20.4 Å². The largest absolute Gasteiger partial charge is 0.418 e. The van der Waals surface area contributed by atoms with Gasteiger partial charge in [0.15, 0.2) is 0 Å². The Kier molecular flexibility index (Phi) is 4.94. The van der Waals surface area contributed by atoms with Crippen LogP contribution in [0.15, 0.2) is 24.3 Å². The Hall–Kier alpha value is -0.860. The first kappa shape index (κ1) is 15.2. The van der Waals surface area contributed by atoms with Gasteiger partial charge < -0.3 is 4.74 Å². The van der Waals surface area contributed by atoms with E-state index in [1.807, 2.05) is 31.5 Å². The van der Waals surface area contributed by atoms with E-state index in [4.69, 9.17) is 16.5 Å². The second-order valence-electron chi connectivity index (χ2n) is 4.91. The van der Waals surface area contributed by atoms with Gasteiger partial charge in [0.25, 0.3) is 0 Å². The third-order valence-corrected chi connectivity index (χ3v) is 5.06. The maximum atomic E-state index is 11.9. The molecule has 1 amide bonds. The Labute approximate surface area is 114 Å². The maximum absolute atomic E-state index is 11.9. The van der Waals surface area contributed by atoms with Crippen LogP contribution in [0, 0.1) is 0 Å². The van der Waals surface area contributed by atoms with Crippen LogP contribution in [0.5, 0.6) is 5.75 Å². The van der Waals surface area contributed by atoms with Gasteiger partial charge in [0.1, 0.15) is 5.75 Å². The molecule has 0 atom stereocenters. The van der Waals surface area contributed by atoms with Gasteiger partial charge in [-0.1, -0.05) is 37.8 Å². The molecule has 5 heteroatoms. The minimum atomic E-state index is -1.79. The first-order valence-electron chi connectivity index (χ1n) is 5.82. The summed E-state index contributed by atoms with van der Waals surface area (Å²) >= 11 is 5.30. The van der Waals surface area contributed by atoms with Crippen molar-refractivity contribution >= 4 is 24.1 Å². The molecule has 0 radical (unpaired) electrons. The van der Waals surface area contributed by atoms with Crippen LogP contribution in [0.3, 0.4) is 0 Å². The van der Waals surface area contributed by atoms with E-state index < -0.39 is 6.19 Å². The Balaban J connectivity index is 2.82. The van der Waals surface area contributed by atoms with E-state index in [0.29, 0.717) is 11.7 Å². The molecule has 0 unspecified atom stereocenters. The Morgan fingerprint density at radius 2 is 2.00 bits per heavy atom. The molecule has 0 spiro atoms. The number of carbonyl (C=O) groups is 1. The zero-order valence-electron chi connectivity index (χ0n) is 11.5. The van der Waals surface area contributed by atoms with E-state index in [2.05, 4.69) is 13.8 Å². The van der Waals surface area contributed by atoms with Gasteiger partial charge in [-0.2, -0.15) is 0 Å². The molecule has 1 aromatic rings. The molecule has 0 N–H and O–H groups in total. The number of nitrogens with zero attached hydrogens (tertiary/aromatic N) is 1. The fourth-order valence-electron chi connectivity index (χ4n) is 1.30. The van der Waals surface area contributed by atoms with E-state index in [1.54, 1.807) is 13.1 Å². The number of benzene rings is 1. The fourth-order valence-corrected chi connectivity index (χ4v) is 1.93. The Bertz CT molecular complexity index is 482. The highest BCUT2D eigenvalue weighted by atomic mass is 32.4. The molecule has 0 aliphatic carbocycles. The molecule has 0 saturated heterocycles. The van der Waals surface area contributed by atoms with Crippen molar-refractivity contribution < 1.29 is 9.53 Å². The minimum absolute atomic E-state index is 0.385. The van der Waals surface area contributed by atoms with E-state index in [1.165, 1.54) is 4.67 Å². The van der Waals surface area contributed by atoms with Crippen molar-refractivity contribution in [3.63, 3.8) is 0 Å². The van der Waals surface area contributed by atoms with Crippen LogP contribution in [0.4, 0.5) is 4.79 Å². The molecular formula is C13H20NO2PS. The van der Waals surface area contributed by atoms with E-state index in [0.717, 1.165) is 5.56 Å². The Morgan fingerprint density at radius 3 is 2.50 bits per heavy atom. The van der Waals surface area contributed by atoms with Gasteiger partial charge in [-0.25, -0.2) is 4.79 Å². The zero-order chi connectivity index (χ0) is 13.9. The summed E-state index contributed by atoms with van der Waals surface area (Å²) in [6, 6.07) is 7.60. The number of amides is 1. The summed E-state index contributed by atoms with van der Waals surface area (Å²) in [7, 11) is 1.69. The van der Waals surface area contributed by atoms with E-state index >= 15 is 0 Å². The molecule has 18 heavy (non-hydrogen) atoms. The second kappa shape index (κ2) is 5.85. The highest BCUT2D eigenvalue weighted by Crippen LogP contribution is 2.40. The summed E-state index contributed by atoms with van der Waals surface area (Å²) in [6.45, 7) is 8.00. The molecule has 0 fully saturated rings. The first-order valence-corrected chi connectivity index (χ1v) is 9.47. The van der Waals surface area contributed by atoms with Gasteiger partial charge in [-0.3, -0.25) is 4.67 Å². The standard InChI is InChI=1S/C13H20NO2PS/c1-10(2)11-7-6-8-12(9-11)16-13(15)14(3)17(4,5)18/h6-10H,1-5H3. The van der Waals surface area contributed by atoms with Crippen LogP contribution < -0.4 is 4.74 Å². The lowest BCUT2D eigenvalue weighted by Gasteiger charge is -2.24. The minimum Gasteiger partial charge on any atom is -0.410 e. The van der Waals surface area contributed by atoms with Crippen molar-refractivity contribution in [3.05, 3.63) is 29.8 Å². The van der Waals surface area contributed by atoms with Gasteiger partial charge in [-0.15, -0.1) is 0 Å². The molecular weight excluding hydrogens is 265 g/mol. The fraction of sp³-hybridized carbons (Fsp3) is 0.462. The molecule has 0 bridgehead atoms. The number of carbonyl (C=O) groups excluding carboxylic acids is 1. The van der Waals surface area contributed by atoms with Crippen molar-refractivity contribution in [3.8, 4) is 5.75 Å². The highest BCUT2D eigenvalue weighted by molar-refractivity contribution is 8.13. The SMILES string of the molecule is CC(C)c1cccc(OC(=O)N(C)P(C)(C)=S)c1. The summed E-state index contributed by atoms with van der Waals surface area (Å²) in [5.74, 6) is 0.978. The zero-order valence-corrected chi connectivity index (χ0v) is 13.2. The molecule has 1 aromatic carbocycles. The summed E-state index contributed by atoms with van der Waals surface area (Å²) in [6.07, 6.45) is -2.17. The normalized spacial score (nSPS) is 11.4. The van der Waals surface area contributed by atoms with Crippen molar-refractivity contribution in [1.29, 1.82) is 0 Å². The van der Waals surface area contributed by atoms with Gasteiger partial charge >= 0.3 is 6.09 Å². The summed E-state index contributed by atoms with van der Waals surface area (Å²) in [5.41, 5.74) is 1.15. The lowest BCUT2D eigenvalue weighted by Crippen LogP contribution is -2.26. The number of hydrogen-bond donors (Lipinski definition) is 0. The molecule has 0 aliphatic heterocycles. The molecule has 3 nitrogen and oxygen atoms in total. The Morgan fingerprint density at radius 1 is 1.39 bits per heavy atom. The van der Waals surface area contributed by atoms with Gasteiger partial charge in [-0.05, 0) is 36.9 Å². The van der Waals surface area contributed by atoms with Gasteiger partial charge in [0.05, 0.1) is 0 Å². The third kappa shape index (κ3) is 4.11. The van der Waals surface area contributed by atoms with Gasteiger partial charge in [0, 0.05) is 13.2 Å². The molecule has 0 heterocycles. The molecule has 0 aliphatic rings. The molecule has 0 saturated carbocycles. The van der Waals surface area contributed by atoms with Crippen LogP contribution in [0.2, 0.25) is 0 Å². The monoisotopic (exact) mass is 285 g/mol.